The first-order valence-electron chi connectivity index (χ1n) is 6.62. The molecule has 2 aliphatic rings. The van der Waals surface area contributed by atoms with Gasteiger partial charge < -0.3 is 9.64 Å². The van der Waals surface area contributed by atoms with Crippen LogP contribution < -0.4 is 0 Å². The lowest BCUT2D eigenvalue weighted by atomic mass is 9.94. The van der Waals surface area contributed by atoms with Gasteiger partial charge in [0, 0.05) is 6.54 Å². The smallest absolute Gasteiger partial charge is 0.410 e. The predicted molar refractivity (Wildman–Crippen MR) is 68.4 cm³/mol. The molecule has 2 fully saturated rings. The van der Waals surface area contributed by atoms with Gasteiger partial charge in [-0.2, -0.15) is 0 Å². The SMILES string of the molecule is O=C1OCCN1CC(=O)N1CC[C@H]1c1ccc(F)cc1. The van der Waals surface area contributed by atoms with Crippen molar-refractivity contribution >= 4 is 12.0 Å². The Morgan fingerprint density at radius 3 is 2.60 bits per heavy atom. The Balaban J connectivity index is 1.64. The first-order valence-corrected chi connectivity index (χ1v) is 6.62. The number of cyclic esters (lactones) is 1. The van der Waals surface area contributed by atoms with E-state index in [-0.39, 0.29) is 24.3 Å². The van der Waals surface area contributed by atoms with Crippen molar-refractivity contribution in [1.82, 2.24) is 9.80 Å². The molecule has 0 spiro atoms. The van der Waals surface area contributed by atoms with E-state index >= 15 is 0 Å². The molecule has 2 heterocycles. The van der Waals surface area contributed by atoms with Gasteiger partial charge in [-0.05, 0) is 24.1 Å². The maximum Gasteiger partial charge on any atom is 0.410 e. The Bertz CT molecular complexity index is 532. The summed E-state index contributed by atoms with van der Waals surface area (Å²) in [5.74, 6) is -0.379. The number of amides is 2. The molecule has 2 aliphatic heterocycles. The number of likely N-dealkylation sites (tertiary alicyclic amines) is 1. The van der Waals surface area contributed by atoms with Gasteiger partial charge in [0.05, 0.1) is 12.6 Å². The highest BCUT2D eigenvalue weighted by atomic mass is 19.1. The van der Waals surface area contributed by atoms with E-state index in [0.29, 0.717) is 19.7 Å². The Hall–Kier alpha value is -2.11. The molecule has 5 nitrogen and oxygen atoms in total. The lowest BCUT2D eigenvalue weighted by Crippen LogP contribution is -2.49. The van der Waals surface area contributed by atoms with Crippen LogP contribution in [0.1, 0.15) is 18.0 Å². The van der Waals surface area contributed by atoms with E-state index in [1.807, 2.05) is 0 Å². The monoisotopic (exact) mass is 278 g/mol. The summed E-state index contributed by atoms with van der Waals surface area (Å²) in [4.78, 5) is 26.6. The van der Waals surface area contributed by atoms with Crippen molar-refractivity contribution in [3.05, 3.63) is 35.6 Å². The molecule has 0 radical (unpaired) electrons. The van der Waals surface area contributed by atoms with Gasteiger partial charge in [0.2, 0.25) is 5.91 Å². The molecular weight excluding hydrogens is 263 g/mol. The molecule has 0 unspecified atom stereocenters. The number of hydrogen-bond acceptors (Lipinski definition) is 3. The van der Waals surface area contributed by atoms with Crippen molar-refractivity contribution in [2.75, 3.05) is 26.2 Å². The van der Waals surface area contributed by atoms with Crippen LogP contribution in [-0.2, 0) is 9.53 Å². The molecule has 0 saturated carbocycles. The molecule has 6 heteroatoms. The first kappa shape index (κ1) is 12.9. The minimum atomic E-state index is -0.433. The molecule has 0 bridgehead atoms. The molecule has 2 amide bonds. The largest absolute Gasteiger partial charge is 0.448 e. The Labute approximate surface area is 115 Å². The second-order valence-electron chi connectivity index (χ2n) is 4.98. The number of ether oxygens (including phenoxy) is 1. The van der Waals surface area contributed by atoms with Gasteiger partial charge in [0.1, 0.15) is 19.0 Å². The standard InChI is InChI=1S/C14H15FN2O3/c15-11-3-1-10(2-4-11)12-5-6-17(12)13(18)9-16-7-8-20-14(16)19/h1-4,12H,5-9H2/t12-/m0/s1. The third-order valence-corrected chi connectivity index (χ3v) is 3.77. The van der Waals surface area contributed by atoms with Gasteiger partial charge in [-0.3, -0.25) is 9.69 Å². The molecule has 1 aromatic carbocycles. The zero-order valence-corrected chi connectivity index (χ0v) is 10.9. The van der Waals surface area contributed by atoms with Crippen LogP contribution in [0.4, 0.5) is 9.18 Å². The van der Waals surface area contributed by atoms with Crippen LogP contribution in [0.3, 0.4) is 0 Å². The third kappa shape index (κ3) is 2.33. The van der Waals surface area contributed by atoms with Crippen molar-refractivity contribution in [2.45, 2.75) is 12.5 Å². The van der Waals surface area contributed by atoms with Crippen LogP contribution in [0.15, 0.2) is 24.3 Å². The maximum absolute atomic E-state index is 12.9. The number of carbonyl (C=O) groups excluding carboxylic acids is 2. The van der Waals surface area contributed by atoms with Crippen LogP contribution in [-0.4, -0.2) is 48.0 Å². The van der Waals surface area contributed by atoms with E-state index in [0.717, 1.165) is 12.0 Å². The van der Waals surface area contributed by atoms with E-state index in [1.165, 1.54) is 17.0 Å². The summed E-state index contributed by atoms with van der Waals surface area (Å²) in [6.07, 6.45) is 0.430. The Morgan fingerprint density at radius 1 is 1.30 bits per heavy atom. The molecule has 0 N–H and O–H groups in total. The Morgan fingerprint density at radius 2 is 2.05 bits per heavy atom. The minimum absolute atomic E-state index is 0.0123. The summed E-state index contributed by atoms with van der Waals surface area (Å²) < 4.78 is 17.7. The summed E-state index contributed by atoms with van der Waals surface area (Å²) in [7, 11) is 0. The summed E-state index contributed by atoms with van der Waals surface area (Å²) in [6.45, 7) is 1.52. The van der Waals surface area contributed by atoms with E-state index in [2.05, 4.69) is 0 Å². The van der Waals surface area contributed by atoms with Crippen molar-refractivity contribution in [2.24, 2.45) is 0 Å². The highest BCUT2D eigenvalue weighted by Crippen LogP contribution is 2.33. The summed E-state index contributed by atoms with van der Waals surface area (Å²) in [5.41, 5.74) is 0.926. The fourth-order valence-electron chi connectivity index (χ4n) is 2.54. The van der Waals surface area contributed by atoms with Crippen LogP contribution in [0.2, 0.25) is 0 Å². The molecule has 2 saturated heterocycles. The van der Waals surface area contributed by atoms with E-state index in [4.69, 9.17) is 4.74 Å². The number of hydrogen-bond donors (Lipinski definition) is 0. The molecule has 0 aliphatic carbocycles. The van der Waals surface area contributed by atoms with Crippen molar-refractivity contribution < 1.29 is 18.7 Å². The number of halogens is 1. The highest BCUT2D eigenvalue weighted by molar-refractivity contribution is 5.83. The fraction of sp³-hybridized carbons (Fsp3) is 0.429. The van der Waals surface area contributed by atoms with E-state index < -0.39 is 6.09 Å². The van der Waals surface area contributed by atoms with Crippen LogP contribution in [0.25, 0.3) is 0 Å². The fourth-order valence-corrected chi connectivity index (χ4v) is 2.54. The van der Waals surface area contributed by atoms with Crippen molar-refractivity contribution in [1.29, 1.82) is 0 Å². The highest BCUT2D eigenvalue weighted by Gasteiger charge is 2.35. The molecule has 3 rings (SSSR count). The number of carbonyl (C=O) groups is 2. The maximum atomic E-state index is 12.9. The van der Waals surface area contributed by atoms with E-state index in [1.54, 1.807) is 17.0 Å². The topological polar surface area (TPSA) is 49.9 Å². The second kappa shape index (κ2) is 5.11. The van der Waals surface area contributed by atoms with Crippen LogP contribution in [0.5, 0.6) is 0 Å². The molecule has 1 atom stereocenters. The van der Waals surface area contributed by atoms with Gasteiger partial charge in [0.25, 0.3) is 0 Å². The molecule has 106 valence electrons. The first-order chi connectivity index (χ1) is 9.65. The minimum Gasteiger partial charge on any atom is -0.448 e. The van der Waals surface area contributed by atoms with Crippen molar-refractivity contribution in [3.8, 4) is 0 Å². The quantitative estimate of drug-likeness (QED) is 0.843. The lowest BCUT2D eigenvalue weighted by Gasteiger charge is -2.41. The van der Waals surface area contributed by atoms with E-state index in [9.17, 15) is 14.0 Å². The number of benzene rings is 1. The van der Waals surface area contributed by atoms with Gasteiger partial charge in [0.15, 0.2) is 0 Å². The average Bonchev–Trinajstić information content (AvgIpc) is 2.76. The molecule has 0 aromatic heterocycles. The van der Waals surface area contributed by atoms with Gasteiger partial charge in [-0.1, -0.05) is 12.1 Å². The molecule has 1 aromatic rings. The number of nitrogens with zero attached hydrogens (tertiary/aromatic N) is 2. The summed E-state index contributed by atoms with van der Waals surface area (Å²) in [6, 6.07) is 6.18. The van der Waals surface area contributed by atoms with Gasteiger partial charge in [-0.25, -0.2) is 9.18 Å². The predicted octanol–water partition coefficient (Wildman–Crippen LogP) is 1.55. The van der Waals surface area contributed by atoms with Gasteiger partial charge >= 0.3 is 6.09 Å². The van der Waals surface area contributed by atoms with Crippen molar-refractivity contribution in [3.63, 3.8) is 0 Å². The summed E-state index contributed by atoms with van der Waals surface area (Å²) >= 11 is 0. The average molecular weight is 278 g/mol. The Kier molecular flexibility index (Phi) is 3.30. The number of rotatable bonds is 3. The zero-order chi connectivity index (χ0) is 14.1. The van der Waals surface area contributed by atoms with Crippen LogP contribution >= 0.6 is 0 Å². The zero-order valence-electron chi connectivity index (χ0n) is 10.9. The normalized spacial score (nSPS) is 21.6. The van der Waals surface area contributed by atoms with Gasteiger partial charge in [-0.15, -0.1) is 0 Å². The van der Waals surface area contributed by atoms with Crippen LogP contribution in [0, 0.1) is 5.82 Å². The summed E-state index contributed by atoms with van der Waals surface area (Å²) in [5, 5.41) is 0. The second-order valence-corrected chi connectivity index (χ2v) is 4.98. The lowest BCUT2D eigenvalue weighted by molar-refractivity contribution is -0.139. The molecular formula is C14H15FN2O3. The third-order valence-electron chi connectivity index (χ3n) is 3.77. The molecule has 20 heavy (non-hydrogen) atoms.